The summed E-state index contributed by atoms with van der Waals surface area (Å²) < 4.78 is 9.17. The summed E-state index contributed by atoms with van der Waals surface area (Å²) in [5.41, 5.74) is 3.16. The van der Waals surface area contributed by atoms with E-state index in [0.29, 0.717) is 18.7 Å². The third kappa shape index (κ3) is 3.53. The largest absolute Gasteiger partial charge is 0.461 e. The van der Waals surface area contributed by atoms with E-state index in [9.17, 15) is 4.79 Å². The van der Waals surface area contributed by atoms with E-state index in [-0.39, 0.29) is 5.56 Å². The standard InChI is InChI=1S/C24H23N5O2/c1-3-21-20(19-11-7-8-12-22(19)31-21)15-27(2)16-29-24(30)23-17(13-25-29)14-28(26-23)18-9-5-4-6-10-18/h4-14H,3,15-16H2,1-2H3. The quantitative estimate of drug-likeness (QED) is 0.421. The number of aryl methyl sites for hydroxylation is 1. The van der Waals surface area contributed by atoms with Crippen LogP contribution in [0.25, 0.3) is 27.6 Å². The predicted octanol–water partition coefficient (Wildman–Crippen LogP) is 3.98. The first-order valence-corrected chi connectivity index (χ1v) is 10.3. The average Bonchev–Trinajstić information content (AvgIpc) is 3.39. The number of aromatic nitrogens is 4. The van der Waals surface area contributed by atoms with Gasteiger partial charge in [0.1, 0.15) is 11.3 Å². The van der Waals surface area contributed by atoms with Gasteiger partial charge < -0.3 is 4.42 Å². The van der Waals surface area contributed by atoms with Gasteiger partial charge in [0.25, 0.3) is 5.56 Å². The van der Waals surface area contributed by atoms with E-state index in [1.165, 1.54) is 4.68 Å². The highest BCUT2D eigenvalue weighted by atomic mass is 16.3. The highest BCUT2D eigenvalue weighted by molar-refractivity contribution is 5.82. The Bertz CT molecular complexity index is 1410. The van der Waals surface area contributed by atoms with Crippen LogP contribution in [-0.4, -0.2) is 31.5 Å². The number of para-hydroxylation sites is 2. The summed E-state index contributed by atoms with van der Waals surface area (Å²) in [5, 5.41) is 10.7. The van der Waals surface area contributed by atoms with Gasteiger partial charge in [0.05, 0.1) is 18.6 Å². The van der Waals surface area contributed by atoms with Crippen LogP contribution in [0.2, 0.25) is 0 Å². The van der Waals surface area contributed by atoms with Gasteiger partial charge in [-0.05, 0) is 25.2 Å². The van der Waals surface area contributed by atoms with E-state index >= 15 is 0 Å². The Labute approximate surface area is 179 Å². The first kappa shape index (κ1) is 19.3. The van der Waals surface area contributed by atoms with Crippen LogP contribution in [0.15, 0.2) is 76.2 Å². The lowest BCUT2D eigenvalue weighted by molar-refractivity contribution is 0.240. The van der Waals surface area contributed by atoms with Gasteiger partial charge in [-0.15, -0.1) is 0 Å². The number of furan rings is 1. The minimum Gasteiger partial charge on any atom is -0.461 e. The van der Waals surface area contributed by atoms with E-state index in [1.807, 2.05) is 61.8 Å². The fourth-order valence-electron chi connectivity index (χ4n) is 3.93. The van der Waals surface area contributed by atoms with Crippen LogP contribution in [0.3, 0.4) is 0 Å². The van der Waals surface area contributed by atoms with Crippen LogP contribution in [0, 0.1) is 0 Å². The summed E-state index contributed by atoms with van der Waals surface area (Å²) in [6.45, 7) is 3.10. The van der Waals surface area contributed by atoms with E-state index in [4.69, 9.17) is 4.42 Å². The smallest absolute Gasteiger partial charge is 0.296 e. The Kier molecular flexibility index (Phi) is 4.88. The molecule has 5 aromatic rings. The number of hydrogen-bond donors (Lipinski definition) is 0. The molecule has 0 bridgehead atoms. The summed E-state index contributed by atoms with van der Waals surface area (Å²) in [7, 11) is 1.97. The second-order valence-electron chi connectivity index (χ2n) is 7.67. The van der Waals surface area contributed by atoms with Gasteiger partial charge >= 0.3 is 0 Å². The first-order chi connectivity index (χ1) is 15.1. The van der Waals surface area contributed by atoms with Crippen molar-refractivity contribution >= 4 is 21.9 Å². The number of rotatable bonds is 6. The van der Waals surface area contributed by atoms with Crippen molar-refractivity contribution < 1.29 is 4.42 Å². The fraction of sp³-hybridized carbons (Fsp3) is 0.208. The van der Waals surface area contributed by atoms with Gasteiger partial charge in [-0.25, -0.2) is 9.36 Å². The van der Waals surface area contributed by atoms with Crippen molar-refractivity contribution in [3.8, 4) is 5.69 Å². The van der Waals surface area contributed by atoms with Crippen LogP contribution in [0.1, 0.15) is 18.2 Å². The second-order valence-corrected chi connectivity index (χ2v) is 7.67. The predicted molar refractivity (Wildman–Crippen MR) is 120 cm³/mol. The molecule has 3 aromatic heterocycles. The molecular formula is C24H23N5O2. The van der Waals surface area contributed by atoms with Crippen LogP contribution < -0.4 is 5.56 Å². The molecule has 0 fully saturated rings. The molecule has 0 amide bonds. The molecule has 7 nitrogen and oxygen atoms in total. The molecule has 0 saturated carbocycles. The van der Waals surface area contributed by atoms with Gasteiger partial charge in [0.15, 0.2) is 5.52 Å². The monoisotopic (exact) mass is 413 g/mol. The van der Waals surface area contributed by atoms with E-state index < -0.39 is 0 Å². The lowest BCUT2D eigenvalue weighted by atomic mass is 10.1. The molecule has 0 spiro atoms. The molecule has 0 aliphatic rings. The number of nitrogens with zero attached hydrogens (tertiary/aromatic N) is 5. The molecule has 3 heterocycles. The van der Waals surface area contributed by atoms with Crippen molar-refractivity contribution in [2.45, 2.75) is 26.6 Å². The highest BCUT2D eigenvalue weighted by Crippen LogP contribution is 2.27. The molecule has 31 heavy (non-hydrogen) atoms. The molecule has 7 heteroatoms. The van der Waals surface area contributed by atoms with Crippen molar-refractivity contribution in [3.63, 3.8) is 0 Å². The van der Waals surface area contributed by atoms with Crippen molar-refractivity contribution in [1.29, 1.82) is 0 Å². The third-order valence-corrected chi connectivity index (χ3v) is 5.44. The average molecular weight is 413 g/mol. The number of fused-ring (bicyclic) bond motifs is 2. The van der Waals surface area contributed by atoms with Crippen LogP contribution in [0.4, 0.5) is 0 Å². The maximum absolute atomic E-state index is 13.0. The fourth-order valence-corrected chi connectivity index (χ4v) is 3.93. The maximum Gasteiger partial charge on any atom is 0.296 e. The zero-order valence-electron chi connectivity index (χ0n) is 17.5. The minimum absolute atomic E-state index is 0.202. The zero-order valence-corrected chi connectivity index (χ0v) is 17.5. The molecule has 2 aromatic carbocycles. The zero-order chi connectivity index (χ0) is 21.4. The Balaban J connectivity index is 1.43. The van der Waals surface area contributed by atoms with Crippen LogP contribution in [-0.2, 0) is 19.6 Å². The van der Waals surface area contributed by atoms with Gasteiger partial charge in [-0.2, -0.15) is 10.2 Å². The van der Waals surface area contributed by atoms with Gasteiger partial charge in [0, 0.05) is 35.5 Å². The lowest BCUT2D eigenvalue weighted by Gasteiger charge is -2.17. The molecule has 0 N–H and O–H groups in total. The Morgan fingerprint density at radius 1 is 1.06 bits per heavy atom. The molecule has 0 unspecified atom stereocenters. The topological polar surface area (TPSA) is 69.1 Å². The molecule has 0 atom stereocenters. The summed E-state index contributed by atoms with van der Waals surface area (Å²) in [6.07, 6.45) is 4.35. The molecule has 0 aliphatic heterocycles. The highest BCUT2D eigenvalue weighted by Gasteiger charge is 2.16. The normalized spacial score (nSPS) is 11.7. The number of hydrogen-bond acceptors (Lipinski definition) is 5. The second kappa shape index (κ2) is 7.85. The van der Waals surface area contributed by atoms with Crippen molar-refractivity contribution in [1.82, 2.24) is 24.5 Å². The summed E-state index contributed by atoms with van der Waals surface area (Å²) in [4.78, 5) is 15.1. The van der Waals surface area contributed by atoms with Gasteiger partial charge in [0.2, 0.25) is 0 Å². The Hall–Kier alpha value is -3.71. The van der Waals surface area contributed by atoms with E-state index in [1.54, 1.807) is 10.9 Å². The number of benzene rings is 2. The SMILES string of the molecule is CCc1oc2ccccc2c1CN(C)Cn1ncc2cn(-c3ccccc3)nc2c1=O. The van der Waals surface area contributed by atoms with Crippen LogP contribution >= 0.6 is 0 Å². The van der Waals surface area contributed by atoms with E-state index in [0.717, 1.165) is 39.8 Å². The molecule has 0 aliphatic carbocycles. The molecule has 156 valence electrons. The molecule has 0 saturated heterocycles. The summed E-state index contributed by atoms with van der Waals surface area (Å²) in [6, 6.07) is 17.8. The van der Waals surface area contributed by atoms with Crippen molar-refractivity contribution in [2.24, 2.45) is 0 Å². The summed E-state index contributed by atoms with van der Waals surface area (Å²) in [5.74, 6) is 0.977. The minimum atomic E-state index is -0.202. The Morgan fingerprint density at radius 2 is 1.84 bits per heavy atom. The molecule has 5 rings (SSSR count). The third-order valence-electron chi connectivity index (χ3n) is 5.44. The van der Waals surface area contributed by atoms with Gasteiger partial charge in [-0.3, -0.25) is 9.69 Å². The first-order valence-electron chi connectivity index (χ1n) is 10.3. The molecule has 0 radical (unpaired) electrons. The molecular weight excluding hydrogens is 390 g/mol. The van der Waals surface area contributed by atoms with Crippen LogP contribution in [0.5, 0.6) is 0 Å². The van der Waals surface area contributed by atoms with Crippen molar-refractivity contribution in [2.75, 3.05) is 7.05 Å². The Morgan fingerprint density at radius 3 is 2.65 bits per heavy atom. The van der Waals surface area contributed by atoms with E-state index in [2.05, 4.69) is 28.1 Å². The van der Waals surface area contributed by atoms with Gasteiger partial charge in [-0.1, -0.05) is 43.3 Å². The maximum atomic E-state index is 13.0. The summed E-state index contributed by atoms with van der Waals surface area (Å²) >= 11 is 0. The van der Waals surface area contributed by atoms with Crippen molar-refractivity contribution in [3.05, 3.63) is 88.7 Å². The lowest BCUT2D eigenvalue weighted by Crippen LogP contribution is -2.31.